The van der Waals surface area contributed by atoms with Crippen molar-refractivity contribution in [2.45, 2.75) is 258 Å². The molecule has 0 aliphatic rings. The second kappa shape index (κ2) is 68.7. The Morgan fingerprint density at radius 3 is 0.795 bits per heavy atom. The molecule has 6 nitrogen and oxygen atoms in total. The zero-order chi connectivity index (χ0) is 59.9. The van der Waals surface area contributed by atoms with Gasteiger partial charge in [-0.25, -0.2) is 0 Å². The molecule has 0 spiro atoms. The number of carbonyl (C=O) groups is 3. The largest absolute Gasteiger partial charge is 0.462 e. The number of hydrogen-bond acceptors (Lipinski definition) is 6. The van der Waals surface area contributed by atoms with E-state index in [0.717, 1.165) is 148 Å². The fraction of sp³-hybridized carbons (Fsp3) is 0.545. The van der Waals surface area contributed by atoms with E-state index in [-0.39, 0.29) is 38.0 Å². The minimum atomic E-state index is -0.847. The zero-order valence-corrected chi connectivity index (χ0v) is 52.9. The Morgan fingerprint density at radius 1 is 0.253 bits per heavy atom. The van der Waals surface area contributed by atoms with E-state index < -0.39 is 12.1 Å². The summed E-state index contributed by atoms with van der Waals surface area (Å²) < 4.78 is 16.8. The van der Waals surface area contributed by atoms with Crippen LogP contribution in [0.2, 0.25) is 0 Å². The van der Waals surface area contributed by atoms with Crippen molar-refractivity contribution in [3.8, 4) is 0 Å². The Morgan fingerprint density at radius 2 is 0.482 bits per heavy atom. The van der Waals surface area contributed by atoms with Crippen LogP contribution >= 0.6 is 0 Å². The number of ether oxygens (including phenoxy) is 3. The quantitative estimate of drug-likeness (QED) is 0.0261. The maximum atomic E-state index is 12.9. The number of unbranched alkanes of at least 4 members (excludes halogenated alkanes) is 15. The Bertz CT molecular complexity index is 1990. The molecule has 1 atom stereocenters. The topological polar surface area (TPSA) is 78.9 Å². The number of rotatable bonds is 57. The van der Waals surface area contributed by atoms with Crippen LogP contribution in [0.1, 0.15) is 252 Å². The zero-order valence-electron chi connectivity index (χ0n) is 52.9. The average molecular weight is 1140 g/mol. The molecule has 0 aromatic rings. The Labute approximate surface area is 509 Å². The van der Waals surface area contributed by atoms with Crippen molar-refractivity contribution in [1.82, 2.24) is 0 Å². The standard InChI is InChI=1S/C77H118O6/c1-4-7-10-13-16-19-22-25-28-30-32-34-36-38-40-42-44-46-49-52-55-58-61-64-67-70-76(79)82-73-74(72-81-75(78)69-66-63-60-57-54-51-48-27-24-21-18-15-12-9-6-3)83-77(80)71-68-65-62-59-56-53-50-47-45-43-41-39-37-35-33-31-29-26-23-20-17-14-11-8-5-2/h7-12,16-21,25-29,32-35,38,40,44,46,48,52,54-55,57,63,66,74H,4-6,13-15,22-24,30-31,36-37,39,41-43,45,47,49-51,53,56,58-62,64-65,67-73H2,1-3H3/b10-7-,11-8-,12-9-,19-16-,20-17-,21-18-,28-25-,29-26-,34-32-,35-33-,40-38-,46-44-,48-27-,55-52-,57-54-,66-63-. The van der Waals surface area contributed by atoms with Crippen molar-refractivity contribution in [2.24, 2.45) is 0 Å². The lowest BCUT2D eigenvalue weighted by atomic mass is 10.0. The van der Waals surface area contributed by atoms with E-state index >= 15 is 0 Å². The maximum absolute atomic E-state index is 12.9. The molecule has 0 saturated heterocycles. The predicted molar refractivity (Wildman–Crippen MR) is 361 cm³/mol. The first kappa shape index (κ1) is 77.2. The second-order valence-corrected chi connectivity index (χ2v) is 20.9. The molecule has 0 aliphatic heterocycles. The summed E-state index contributed by atoms with van der Waals surface area (Å²) in [7, 11) is 0. The highest BCUT2D eigenvalue weighted by molar-refractivity contribution is 5.72. The molecule has 0 amide bonds. The highest BCUT2D eigenvalue weighted by Gasteiger charge is 2.19. The van der Waals surface area contributed by atoms with Gasteiger partial charge in [-0.1, -0.05) is 286 Å². The minimum absolute atomic E-state index is 0.111. The van der Waals surface area contributed by atoms with Crippen LogP contribution in [0.25, 0.3) is 0 Å². The van der Waals surface area contributed by atoms with Gasteiger partial charge in [-0.15, -0.1) is 0 Å². The SMILES string of the molecule is CC/C=C\C/C=C\C/C=C\C/C=C\C/C=C\C/C=C\C/C=C\CCCCCC(=O)OCC(COC(=O)C/C=C\C/C=C\C/C=C\C/C=C\C/C=C\CC)OC(=O)CCCCCCCCCCCCCC/C=C\C/C=C\C/C=C\C/C=C\CC. The molecule has 1 unspecified atom stereocenters. The lowest BCUT2D eigenvalue weighted by Crippen LogP contribution is -2.30. The van der Waals surface area contributed by atoms with Gasteiger partial charge in [0.15, 0.2) is 6.10 Å². The minimum Gasteiger partial charge on any atom is -0.462 e. The summed E-state index contributed by atoms with van der Waals surface area (Å²) in [5, 5.41) is 0. The first-order chi connectivity index (χ1) is 41.0. The van der Waals surface area contributed by atoms with Crippen LogP contribution < -0.4 is 0 Å². The van der Waals surface area contributed by atoms with E-state index in [1.165, 1.54) is 64.2 Å². The van der Waals surface area contributed by atoms with Gasteiger partial charge < -0.3 is 14.2 Å². The van der Waals surface area contributed by atoms with Crippen LogP contribution in [0, 0.1) is 0 Å². The van der Waals surface area contributed by atoms with Crippen LogP contribution in [-0.4, -0.2) is 37.2 Å². The third kappa shape index (κ3) is 66.9. The molecule has 83 heavy (non-hydrogen) atoms. The normalized spacial score (nSPS) is 13.4. The Balaban J connectivity index is 4.52. The summed E-state index contributed by atoms with van der Waals surface area (Å²) in [5.74, 6) is -1.11. The van der Waals surface area contributed by atoms with E-state index in [1.54, 1.807) is 6.08 Å². The van der Waals surface area contributed by atoms with Crippen LogP contribution in [0.4, 0.5) is 0 Å². The first-order valence-corrected chi connectivity index (χ1v) is 32.9. The monoisotopic (exact) mass is 1140 g/mol. The van der Waals surface area contributed by atoms with Crippen molar-refractivity contribution in [2.75, 3.05) is 13.2 Å². The molecule has 6 heteroatoms. The van der Waals surface area contributed by atoms with Crippen LogP contribution in [-0.2, 0) is 28.6 Å². The van der Waals surface area contributed by atoms with Gasteiger partial charge in [0, 0.05) is 12.8 Å². The molecule has 0 N–H and O–H groups in total. The van der Waals surface area contributed by atoms with Crippen molar-refractivity contribution < 1.29 is 28.6 Å². The fourth-order valence-corrected chi connectivity index (χ4v) is 8.31. The van der Waals surface area contributed by atoms with E-state index in [1.807, 2.05) is 6.08 Å². The molecule has 0 aromatic carbocycles. The Hall–Kier alpha value is -5.75. The fourth-order valence-electron chi connectivity index (χ4n) is 8.31. The molecule has 0 heterocycles. The van der Waals surface area contributed by atoms with Gasteiger partial charge >= 0.3 is 17.9 Å². The number of hydrogen-bond donors (Lipinski definition) is 0. The Kier molecular flexibility index (Phi) is 64.0. The average Bonchev–Trinajstić information content (AvgIpc) is 3.49. The van der Waals surface area contributed by atoms with Crippen molar-refractivity contribution in [1.29, 1.82) is 0 Å². The smallest absolute Gasteiger partial charge is 0.309 e. The predicted octanol–water partition coefficient (Wildman–Crippen LogP) is 23.0. The molecule has 0 bridgehead atoms. The third-order valence-corrected chi connectivity index (χ3v) is 13.1. The molecule has 462 valence electrons. The molecule has 0 saturated carbocycles. The lowest BCUT2D eigenvalue weighted by molar-refractivity contribution is -0.166. The van der Waals surface area contributed by atoms with Gasteiger partial charge in [-0.05, 0) is 141 Å². The molecule has 0 radical (unpaired) electrons. The first-order valence-electron chi connectivity index (χ1n) is 32.9. The van der Waals surface area contributed by atoms with Gasteiger partial charge in [0.05, 0.1) is 6.42 Å². The number of allylic oxidation sites excluding steroid dienone is 31. The molecule has 0 aliphatic carbocycles. The van der Waals surface area contributed by atoms with Crippen molar-refractivity contribution >= 4 is 17.9 Å². The van der Waals surface area contributed by atoms with Gasteiger partial charge in [-0.2, -0.15) is 0 Å². The van der Waals surface area contributed by atoms with Crippen molar-refractivity contribution in [3.05, 3.63) is 194 Å². The van der Waals surface area contributed by atoms with Crippen LogP contribution in [0.3, 0.4) is 0 Å². The molecule has 0 fully saturated rings. The highest BCUT2D eigenvalue weighted by Crippen LogP contribution is 2.15. The third-order valence-electron chi connectivity index (χ3n) is 13.1. The van der Waals surface area contributed by atoms with E-state index in [4.69, 9.17) is 14.2 Å². The van der Waals surface area contributed by atoms with E-state index in [9.17, 15) is 14.4 Å². The highest BCUT2D eigenvalue weighted by atomic mass is 16.6. The summed E-state index contributed by atoms with van der Waals surface area (Å²) >= 11 is 0. The van der Waals surface area contributed by atoms with Gasteiger partial charge in [0.2, 0.25) is 0 Å². The summed E-state index contributed by atoms with van der Waals surface area (Å²) in [4.78, 5) is 38.3. The van der Waals surface area contributed by atoms with E-state index in [0.29, 0.717) is 6.42 Å². The molecular weight excluding hydrogens is 1020 g/mol. The van der Waals surface area contributed by atoms with Gasteiger partial charge in [0.25, 0.3) is 0 Å². The number of carbonyl (C=O) groups excluding carboxylic acids is 3. The van der Waals surface area contributed by atoms with E-state index in [2.05, 4.69) is 203 Å². The lowest BCUT2D eigenvalue weighted by Gasteiger charge is -2.18. The van der Waals surface area contributed by atoms with Gasteiger partial charge in [0.1, 0.15) is 13.2 Å². The summed E-state index contributed by atoms with van der Waals surface area (Å²) in [6, 6.07) is 0. The molecular formula is C77H118O6. The summed E-state index contributed by atoms with van der Waals surface area (Å²) in [6.07, 6.45) is 105. The molecule has 0 aromatic heterocycles. The maximum Gasteiger partial charge on any atom is 0.309 e. The van der Waals surface area contributed by atoms with Gasteiger partial charge in [-0.3, -0.25) is 14.4 Å². The second-order valence-electron chi connectivity index (χ2n) is 20.9. The van der Waals surface area contributed by atoms with Crippen LogP contribution in [0.15, 0.2) is 194 Å². The molecule has 0 rings (SSSR count). The summed E-state index contributed by atoms with van der Waals surface area (Å²) in [6.45, 7) is 6.17. The summed E-state index contributed by atoms with van der Waals surface area (Å²) in [5.41, 5.74) is 0. The van der Waals surface area contributed by atoms with Crippen molar-refractivity contribution in [3.63, 3.8) is 0 Å². The van der Waals surface area contributed by atoms with Crippen LogP contribution in [0.5, 0.6) is 0 Å². The number of esters is 3.